The summed E-state index contributed by atoms with van der Waals surface area (Å²) in [5.41, 5.74) is 2.71. The molecule has 4 rings (SSSR count). The van der Waals surface area contributed by atoms with Crippen molar-refractivity contribution >= 4 is 22.6 Å². The molecule has 6 heteroatoms. The summed E-state index contributed by atoms with van der Waals surface area (Å²) in [7, 11) is 0. The molecule has 0 bridgehead atoms. The second-order valence-corrected chi connectivity index (χ2v) is 5.26. The number of aromatic nitrogens is 4. The zero-order valence-corrected chi connectivity index (χ0v) is 12.2. The van der Waals surface area contributed by atoms with E-state index in [9.17, 15) is 0 Å². The first-order valence-corrected chi connectivity index (χ1v) is 7.16. The smallest absolute Gasteiger partial charge is 0.259 e. The van der Waals surface area contributed by atoms with Gasteiger partial charge in [-0.15, -0.1) is 0 Å². The number of halogens is 1. The molecule has 0 aliphatic heterocycles. The lowest BCUT2D eigenvalue weighted by molar-refractivity contribution is 0.421. The molecule has 0 saturated carbocycles. The average Bonchev–Trinajstić information content (AvgIpc) is 3.16. The first kappa shape index (κ1) is 13.0. The number of hydrogen-bond acceptors (Lipinski definition) is 4. The third-order valence-electron chi connectivity index (χ3n) is 3.41. The number of hydrogen-bond donors (Lipinski definition) is 0. The van der Waals surface area contributed by atoms with E-state index in [1.165, 1.54) is 0 Å². The van der Waals surface area contributed by atoms with Crippen molar-refractivity contribution in [2.45, 2.75) is 6.54 Å². The Balaban J connectivity index is 1.66. The molecule has 2 aromatic heterocycles. The fraction of sp³-hybridized carbons (Fsp3) is 0.0625. The molecule has 0 radical (unpaired) electrons. The van der Waals surface area contributed by atoms with Crippen molar-refractivity contribution in [1.29, 1.82) is 0 Å². The van der Waals surface area contributed by atoms with E-state index < -0.39 is 0 Å². The molecule has 0 unspecified atom stereocenters. The summed E-state index contributed by atoms with van der Waals surface area (Å²) in [6.07, 6.45) is 1.77. The third-order valence-corrected chi connectivity index (χ3v) is 3.74. The van der Waals surface area contributed by atoms with Crippen LogP contribution in [-0.2, 0) is 6.54 Å². The second kappa shape index (κ2) is 5.27. The predicted molar refractivity (Wildman–Crippen MR) is 83.6 cm³/mol. The van der Waals surface area contributed by atoms with E-state index in [0.717, 1.165) is 16.6 Å². The van der Waals surface area contributed by atoms with Gasteiger partial charge < -0.3 is 9.09 Å². The highest BCUT2D eigenvalue weighted by molar-refractivity contribution is 6.33. The number of imidazole rings is 1. The summed E-state index contributed by atoms with van der Waals surface area (Å²) in [6, 6.07) is 15.3. The van der Waals surface area contributed by atoms with Crippen molar-refractivity contribution in [2.24, 2.45) is 0 Å². The standard InChI is InChI=1S/C16H11ClN4O/c17-12-6-2-1-5-11(12)16-19-15(20-22-16)9-21-10-18-13-7-3-4-8-14(13)21/h1-8,10H,9H2. The van der Waals surface area contributed by atoms with Gasteiger partial charge in [-0.25, -0.2) is 4.98 Å². The molecule has 0 spiro atoms. The van der Waals surface area contributed by atoms with Crippen LogP contribution < -0.4 is 0 Å². The topological polar surface area (TPSA) is 56.7 Å². The Kier molecular flexibility index (Phi) is 3.12. The number of para-hydroxylation sites is 2. The van der Waals surface area contributed by atoms with Crippen LogP contribution in [0.4, 0.5) is 0 Å². The molecule has 0 saturated heterocycles. The van der Waals surface area contributed by atoms with Crippen LogP contribution in [0.3, 0.4) is 0 Å². The van der Waals surface area contributed by atoms with Gasteiger partial charge in [0.15, 0.2) is 5.82 Å². The van der Waals surface area contributed by atoms with E-state index in [-0.39, 0.29) is 0 Å². The van der Waals surface area contributed by atoms with Crippen LogP contribution in [-0.4, -0.2) is 19.7 Å². The minimum atomic E-state index is 0.421. The van der Waals surface area contributed by atoms with Crippen LogP contribution in [0, 0.1) is 0 Å². The van der Waals surface area contributed by atoms with Crippen LogP contribution in [0.1, 0.15) is 5.82 Å². The SMILES string of the molecule is Clc1ccccc1-c1nc(Cn2cnc3ccccc32)no1. The number of nitrogens with zero attached hydrogens (tertiary/aromatic N) is 4. The van der Waals surface area contributed by atoms with Gasteiger partial charge in [0.05, 0.1) is 34.5 Å². The van der Waals surface area contributed by atoms with Gasteiger partial charge in [0.25, 0.3) is 5.89 Å². The van der Waals surface area contributed by atoms with Crippen LogP contribution in [0.5, 0.6) is 0 Å². The lowest BCUT2D eigenvalue weighted by Crippen LogP contribution is -1.99. The molecule has 0 fully saturated rings. The first-order chi connectivity index (χ1) is 10.8. The van der Waals surface area contributed by atoms with Crippen LogP contribution in [0.2, 0.25) is 5.02 Å². The molecular formula is C16H11ClN4O. The maximum absolute atomic E-state index is 6.15. The highest BCUT2D eigenvalue weighted by Crippen LogP contribution is 2.26. The minimum absolute atomic E-state index is 0.421. The van der Waals surface area contributed by atoms with Crippen molar-refractivity contribution in [2.75, 3.05) is 0 Å². The summed E-state index contributed by atoms with van der Waals surface area (Å²) in [5, 5.41) is 4.61. The fourth-order valence-electron chi connectivity index (χ4n) is 2.35. The van der Waals surface area contributed by atoms with Gasteiger partial charge >= 0.3 is 0 Å². The number of fused-ring (bicyclic) bond motifs is 1. The lowest BCUT2D eigenvalue weighted by Gasteiger charge is -1.99. The van der Waals surface area contributed by atoms with E-state index in [4.69, 9.17) is 16.1 Å². The molecule has 2 heterocycles. The molecule has 108 valence electrons. The van der Waals surface area contributed by atoms with Crippen molar-refractivity contribution in [1.82, 2.24) is 19.7 Å². The maximum atomic E-state index is 6.15. The summed E-state index contributed by atoms with van der Waals surface area (Å²) in [6.45, 7) is 0.495. The molecule has 0 amide bonds. The second-order valence-electron chi connectivity index (χ2n) is 4.86. The zero-order valence-electron chi connectivity index (χ0n) is 11.5. The third kappa shape index (κ3) is 2.25. The van der Waals surface area contributed by atoms with Gasteiger partial charge in [-0.05, 0) is 24.3 Å². The van der Waals surface area contributed by atoms with Crippen molar-refractivity contribution in [3.05, 3.63) is 65.7 Å². The van der Waals surface area contributed by atoms with Gasteiger partial charge in [0.1, 0.15) is 0 Å². The van der Waals surface area contributed by atoms with Crippen LogP contribution >= 0.6 is 11.6 Å². The lowest BCUT2D eigenvalue weighted by atomic mass is 10.2. The molecule has 5 nitrogen and oxygen atoms in total. The van der Waals surface area contributed by atoms with Crippen molar-refractivity contribution < 1.29 is 4.52 Å². The summed E-state index contributed by atoms with van der Waals surface area (Å²) < 4.78 is 7.30. The Bertz CT molecular complexity index is 944. The van der Waals surface area contributed by atoms with E-state index in [2.05, 4.69) is 15.1 Å². The maximum Gasteiger partial charge on any atom is 0.259 e. The Morgan fingerprint density at radius 2 is 1.86 bits per heavy atom. The van der Waals surface area contributed by atoms with Gasteiger partial charge in [0.2, 0.25) is 0 Å². The molecule has 0 aliphatic carbocycles. The first-order valence-electron chi connectivity index (χ1n) is 6.78. The molecule has 0 N–H and O–H groups in total. The van der Waals surface area contributed by atoms with Crippen molar-refractivity contribution in [3.8, 4) is 11.5 Å². The van der Waals surface area contributed by atoms with Gasteiger partial charge in [-0.3, -0.25) is 0 Å². The van der Waals surface area contributed by atoms with E-state index >= 15 is 0 Å². The van der Waals surface area contributed by atoms with Gasteiger partial charge in [0, 0.05) is 0 Å². The van der Waals surface area contributed by atoms with E-state index in [1.54, 1.807) is 12.4 Å². The fourth-order valence-corrected chi connectivity index (χ4v) is 2.57. The number of benzene rings is 2. The Labute approximate surface area is 131 Å². The van der Waals surface area contributed by atoms with Gasteiger partial charge in [-0.1, -0.05) is 41.0 Å². The van der Waals surface area contributed by atoms with Crippen LogP contribution in [0.25, 0.3) is 22.5 Å². The average molecular weight is 311 g/mol. The Morgan fingerprint density at radius 3 is 2.77 bits per heavy atom. The van der Waals surface area contributed by atoms with Gasteiger partial charge in [-0.2, -0.15) is 4.98 Å². The molecule has 0 atom stereocenters. The molecular weight excluding hydrogens is 300 g/mol. The van der Waals surface area contributed by atoms with Crippen LogP contribution in [0.15, 0.2) is 59.4 Å². The molecule has 22 heavy (non-hydrogen) atoms. The van der Waals surface area contributed by atoms with Crippen molar-refractivity contribution in [3.63, 3.8) is 0 Å². The largest absolute Gasteiger partial charge is 0.334 e. The Hall–Kier alpha value is -2.66. The zero-order chi connectivity index (χ0) is 14.9. The monoisotopic (exact) mass is 310 g/mol. The Morgan fingerprint density at radius 1 is 1.05 bits per heavy atom. The highest BCUT2D eigenvalue weighted by Gasteiger charge is 2.12. The van der Waals surface area contributed by atoms with E-state index in [1.807, 2.05) is 47.0 Å². The predicted octanol–water partition coefficient (Wildman–Crippen LogP) is 3.79. The molecule has 2 aromatic carbocycles. The summed E-state index contributed by atoms with van der Waals surface area (Å²) in [5.74, 6) is 1.00. The highest BCUT2D eigenvalue weighted by atomic mass is 35.5. The normalized spacial score (nSPS) is 11.1. The minimum Gasteiger partial charge on any atom is -0.334 e. The summed E-state index contributed by atoms with van der Waals surface area (Å²) >= 11 is 6.15. The summed E-state index contributed by atoms with van der Waals surface area (Å²) in [4.78, 5) is 8.76. The molecule has 0 aliphatic rings. The number of rotatable bonds is 3. The quantitative estimate of drug-likeness (QED) is 0.577. The molecule has 4 aromatic rings. The van der Waals surface area contributed by atoms with E-state index in [0.29, 0.717) is 23.3 Å².